The molecule has 2 aliphatic rings. The van der Waals surface area contributed by atoms with Crippen molar-refractivity contribution in [1.29, 1.82) is 0 Å². The summed E-state index contributed by atoms with van der Waals surface area (Å²) >= 11 is 0. The van der Waals surface area contributed by atoms with Gasteiger partial charge in [-0.1, -0.05) is 54.6 Å². The third kappa shape index (κ3) is 4.44. The van der Waals surface area contributed by atoms with Gasteiger partial charge in [-0.2, -0.15) is 4.31 Å². The molecule has 1 N–H and O–H groups in total. The Labute approximate surface area is 200 Å². The first-order chi connectivity index (χ1) is 16.5. The minimum Gasteiger partial charge on any atom is -0.457 e. The maximum Gasteiger partial charge on any atom is 0.243 e. The number of nitrogens with zero attached hydrogens (tertiary/aromatic N) is 2. The molecule has 2 aliphatic heterocycles. The fraction of sp³-hybridized carbons (Fsp3) is 0.269. The predicted octanol–water partition coefficient (Wildman–Crippen LogP) is 3.05. The maximum absolute atomic E-state index is 13.2. The fourth-order valence-electron chi connectivity index (χ4n) is 4.57. The number of ether oxygens (including phenoxy) is 1. The highest BCUT2D eigenvalue weighted by Crippen LogP contribution is 2.43. The largest absolute Gasteiger partial charge is 0.457 e. The van der Waals surface area contributed by atoms with Crippen molar-refractivity contribution in [3.63, 3.8) is 0 Å². The Morgan fingerprint density at radius 3 is 2.00 bits per heavy atom. The van der Waals surface area contributed by atoms with Crippen molar-refractivity contribution in [3.8, 4) is 11.5 Å². The van der Waals surface area contributed by atoms with E-state index in [1.807, 2.05) is 54.6 Å². The number of piperazine rings is 1. The normalized spacial score (nSPS) is 16.8. The van der Waals surface area contributed by atoms with Gasteiger partial charge in [0.2, 0.25) is 15.9 Å². The summed E-state index contributed by atoms with van der Waals surface area (Å²) < 4.78 is 33.1. The van der Waals surface area contributed by atoms with Gasteiger partial charge >= 0.3 is 0 Å². The first-order valence-corrected chi connectivity index (χ1v) is 12.9. The van der Waals surface area contributed by atoms with E-state index in [0.29, 0.717) is 55.7 Å². The molecule has 0 bridgehead atoms. The first-order valence-electron chi connectivity index (χ1n) is 11.4. The van der Waals surface area contributed by atoms with Crippen molar-refractivity contribution in [2.24, 2.45) is 0 Å². The Balaban J connectivity index is 1.18. The van der Waals surface area contributed by atoms with Crippen LogP contribution in [0.4, 0.5) is 0 Å². The highest BCUT2D eigenvalue weighted by Gasteiger charge is 2.32. The quantitative estimate of drug-likeness (QED) is 0.591. The molecule has 0 aliphatic carbocycles. The topological polar surface area (TPSA) is 79.0 Å². The van der Waals surface area contributed by atoms with Crippen molar-refractivity contribution in [3.05, 3.63) is 90.0 Å². The van der Waals surface area contributed by atoms with Crippen LogP contribution in [0.3, 0.4) is 0 Å². The van der Waals surface area contributed by atoms with E-state index in [4.69, 9.17) is 4.74 Å². The number of carbonyl (C=O) groups is 1. The SMILES string of the molecule is O=C(NCCN1CCN(S(=O)(=O)c2ccccc2)CC1)C1c2ccccc2Oc2ccccc21. The zero-order valence-corrected chi connectivity index (χ0v) is 19.6. The van der Waals surface area contributed by atoms with Crippen LogP contribution >= 0.6 is 0 Å². The minimum absolute atomic E-state index is 0.0616. The molecule has 0 radical (unpaired) electrons. The third-order valence-corrected chi connectivity index (χ3v) is 8.29. The van der Waals surface area contributed by atoms with Crippen molar-refractivity contribution in [2.75, 3.05) is 39.3 Å². The highest BCUT2D eigenvalue weighted by atomic mass is 32.2. The molecule has 0 saturated carbocycles. The Morgan fingerprint density at radius 2 is 1.38 bits per heavy atom. The van der Waals surface area contributed by atoms with Crippen LogP contribution < -0.4 is 10.1 Å². The molecule has 2 heterocycles. The number of hydrogen-bond donors (Lipinski definition) is 1. The summed E-state index contributed by atoms with van der Waals surface area (Å²) in [6, 6.07) is 23.8. The maximum atomic E-state index is 13.2. The van der Waals surface area contributed by atoms with Crippen LogP contribution in [-0.4, -0.2) is 62.8 Å². The number of nitrogens with one attached hydrogen (secondary N) is 1. The summed E-state index contributed by atoms with van der Waals surface area (Å²) in [5.74, 6) is 0.927. The molecular weight excluding hydrogens is 450 g/mol. The monoisotopic (exact) mass is 477 g/mol. The second kappa shape index (κ2) is 9.58. The average molecular weight is 478 g/mol. The summed E-state index contributed by atoms with van der Waals surface area (Å²) in [5, 5.41) is 3.08. The third-order valence-electron chi connectivity index (χ3n) is 6.38. The van der Waals surface area contributed by atoms with E-state index < -0.39 is 15.9 Å². The second-order valence-electron chi connectivity index (χ2n) is 8.46. The average Bonchev–Trinajstić information content (AvgIpc) is 2.88. The van der Waals surface area contributed by atoms with Gasteiger partial charge < -0.3 is 10.1 Å². The molecule has 5 rings (SSSR count). The Kier molecular flexibility index (Phi) is 6.36. The molecule has 0 spiro atoms. The number of hydrogen-bond acceptors (Lipinski definition) is 5. The standard InChI is InChI=1S/C26H27N3O4S/c30-26(25-21-10-4-6-12-23(21)33-24-13-7-5-11-22(24)25)27-14-15-28-16-18-29(19-17-28)34(31,32)20-8-2-1-3-9-20/h1-13,25H,14-19H2,(H,27,30). The smallest absolute Gasteiger partial charge is 0.243 e. The lowest BCUT2D eigenvalue weighted by Gasteiger charge is -2.34. The number of amides is 1. The van der Waals surface area contributed by atoms with Crippen LogP contribution in [0.1, 0.15) is 17.0 Å². The van der Waals surface area contributed by atoms with Gasteiger partial charge in [0.15, 0.2) is 0 Å². The molecule has 7 nitrogen and oxygen atoms in total. The number of benzene rings is 3. The number of rotatable bonds is 6. The van der Waals surface area contributed by atoms with E-state index >= 15 is 0 Å². The number of carbonyl (C=O) groups excluding carboxylic acids is 1. The van der Waals surface area contributed by atoms with Gasteiger partial charge in [-0.3, -0.25) is 9.69 Å². The van der Waals surface area contributed by atoms with Crippen LogP contribution in [0.5, 0.6) is 11.5 Å². The molecule has 0 atom stereocenters. The highest BCUT2D eigenvalue weighted by molar-refractivity contribution is 7.89. The van der Waals surface area contributed by atoms with Gasteiger partial charge in [0, 0.05) is 50.4 Å². The van der Waals surface area contributed by atoms with Crippen LogP contribution in [0.2, 0.25) is 0 Å². The second-order valence-corrected chi connectivity index (χ2v) is 10.4. The molecular formula is C26H27N3O4S. The van der Waals surface area contributed by atoms with Crippen molar-refractivity contribution >= 4 is 15.9 Å². The summed E-state index contributed by atoms with van der Waals surface area (Å²) in [5.41, 5.74) is 1.72. The van der Waals surface area contributed by atoms with E-state index in [2.05, 4.69) is 10.2 Å². The molecule has 8 heteroatoms. The van der Waals surface area contributed by atoms with Gasteiger partial charge in [-0.05, 0) is 24.3 Å². The van der Waals surface area contributed by atoms with Gasteiger partial charge in [-0.25, -0.2) is 8.42 Å². The molecule has 0 unspecified atom stereocenters. The van der Waals surface area contributed by atoms with Crippen LogP contribution in [-0.2, 0) is 14.8 Å². The van der Waals surface area contributed by atoms with Crippen LogP contribution in [0, 0.1) is 0 Å². The molecule has 0 aromatic heterocycles. The fourth-order valence-corrected chi connectivity index (χ4v) is 6.01. The Morgan fingerprint density at radius 1 is 0.824 bits per heavy atom. The lowest BCUT2D eigenvalue weighted by atomic mass is 9.87. The van der Waals surface area contributed by atoms with E-state index in [0.717, 1.165) is 11.1 Å². The molecule has 3 aromatic carbocycles. The molecule has 176 valence electrons. The van der Waals surface area contributed by atoms with E-state index in [9.17, 15) is 13.2 Å². The molecule has 1 amide bonds. The molecule has 34 heavy (non-hydrogen) atoms. The van der Waals surface area contributed by atoms with E-state index in [1.165, 1.54) is 4.31 Å². The molecule has 1 fully saturated rings. The van der Waals surface area contributed by atoms with Gasteiger partial charge in [0.25, 0.3) is 0 Å². The lowest BCUT2D eigenvalue weighted by molar-refractivity contribution is -0.121. The molecule has 1 saturated heterocycles. The summed E-state index contributed by atoms with van der Waals surface area (Å²) in [4.78, 5) is 15.7. The van der Waals surface area contributed by atoms with Crippen molar-refractivity contribution < 1.29 is 17.9 Å². The van der Waals surface area contributed by atoms with Gasteiger partial charge in [0.05, 0.1) is 10.8 Å². The minimum atomic E-state index is -3.47. The Bertz CT molecular complexity index is 1230. The Hall–Kier alpha value is -3.20. The zero-order chi connectivity index (χ0) is 23.5. The first kappa shape index (κ1) is 22.6. The van der Waals surface area contributed by atoms with Gasteiger partial charge in [-0.15, -0.1) is 0 Å². The summed E-state index contributed by atoms with van der Waals surface area (Å²) in [7, 11) is -3.47. The van der Waals surface area contributed by atoms with Crippen molar-refractivity contribution in [1.82, 2.24) is 14.5 Å². The number of para-hydroxylation sites is 2. The van der Waals surface area contributed by atoms with Crippen molar-refractivity contribution in [2.45, 2.75) is 10.8 Å². The van der Waals surface area contributed by atoms with E-state index in [1.54, 1.807) is 24.3 Å². The van der Waals surface area contributed by atoms with Crippen LogP contribution in [0.25, 0.3) is 0 Å². The van der Waals surface area contributed by atoms with Crippen LogP contribution in [0.15, 0.2) is 83.8 Å². The predicted molar refractivity (Wildman–Crippen MR) is 129 cm³/mol. The summed E-state index contributed by atoms with van der Waals surface area (Å²) in [6.45, 7) is 3.29. The summed E-state index contributed by atoms with van der Waals surface area (Å²) in [6.07, 6.45) is 0. The lowest BCUT2D eigenvalue weighted by Crippen LogP contribution is -2.50. The van der Waals surface area contributed by atoms with E-state index in [-0.39, 0.29) is 5.91 Å². The van der Waals surface area contributed by atoms with Gasteiger partial charge in [0.1, 0.15) is 11.5 Å². The molecule has 3 aromatic rings. The number of fused-ring (bicyclic) bond motifs is 2. The zero-order valence-electron chi connectivity index (χ0n) is 18.8. The number of sulfonamides is 1.